The molecule has 2 atom stereocenters. The third-order valence-corrected chi connectivity index (χ3v) is 5.64. The van der Waals surface area contributed by atoms with Gasteiger partial charge in [0.15, 0.2) is 0 Å². The monoisotopic (exact) mass is 298 g/mol. The van der Waals surface area contributed by atoms with Crippen LogP contribution in [-0.4, -0.2) is 0 Å². The fraction of sp³-hybridized carbons (Fsp3) is 0.500. The molecule has 0 N–H and O–H groups in total. The van der Waals surface area contributed by atoms with Crippen LogP contribution in [0.25, 0.3) is 0 Å². The van der Waals surface area contributed by atoms with Crippen molar-refractivity contribution in [3.05, 3.63) is 58.1 Å². The molecule has 0 spiro atoms. The van der Waals surface area contributed by atoms with Crippen LogP contribution < -0.4 is 0 Å². The van der Waals surface area contributed by atoms with E-state index in [4.69, 9.17) is 12.6 Å². The largest absolute Gasteiger partial charge is 0.148 e. The summed E-state index contributed by atoms with van der Waals surface area (Å²) >= 11 is 4.80. The van der Waals surface area contributed by atoms with Gasteiger partial charge in [-0.1, -0.05) is 50.3 Å². The van der Waals surface area contributed by atoms with E-state index in [0.717, 1.165) is 18.8 Å². The van der Waals surface area contributed by atoms with Crippen LogP contribution in [0.2, 0.25) is 0 Å². The fourth-order valence-electron chi connectivity index (χ4n) is 3.72. The smallest absolute Gasteiger partial charge is 0.0138 e. The Bertz CT molecular complexity index is 571. The first kappa shape index (κ1) is 15.0. The highest BCUT2D eigenvalue weighted by Gasteiger charge is 2.27. The summed E-state index contributed by atoms with van der Waals surface area (Å²) < 4.78 is 0. The van der Waals surface area contributed by atoms with Crippen molar-refractivity contribution in [2.24, 2.45) is 11.3 Å². The third-order valence-electron chi connectivity index (χ3n) is 5.19. The van der Waals surface area contributed by atoms with Gasteiger partial charge in [-0.25, -0.2) is 0 Å². The molecule has 0 saturated carbocycles. The SMILES string of the molecule is CC1CCC(C2=CC(C3(C)C=CC=CC3)=CCC2)=C(S)C1. The predicted octanol–water partition coefficient (Wildman–Crippen LogP) is 6.16. The molecule has 0 nitrogen and oxygen atoms in total. The van der Waals surface area contributed by atoms with Crippen LogP contribution in [0.4, 0.5) is 0 Å². The maximum Gasteiger partial charge on any atom is 0.0138 e. The van der Waals surface area contributed by atoms with Gasteiger partial charge in [-0.2, -0.15) is 0 Å². The first-order valence-corrected chi connectivity index (χ1v) is 8.70. The Hall–Kier alpha value is -0.950. The molecule has 0 heterocycles. The highest BCUT2D eigenvalue weighted by Crippen LogP contribution is 2.43. The van der Waals surface area contributed by atoms with Crippen molar-refractivity contribution < 1.29 is 0 Å². The van der Waals surface area contributed by atoms with Gasteiger partial charge in [-0.3, -0.25) is 0 Å². The minimum absolute atomic E-state index is 0.180. The predicted molar refractivity (Wildman–Crippen MR) is 95.4 cm³/mol. The molecule has 0 bridgehead atoms. The molecule has 0 fully saturated rings. The third kappa shape index (κ3) is 3.13. The van der Waals surface area contributed by atoms with Crippen molar-refractivity contribution in [1.29, 1.82) is 0 Å². The van der Waals surface area contributed by atoms with E-state index in [-0.39, 0.29) is 5.41 Å². The van der Waals surface area contributed by atoms with Gasteiger partial charge in [-0.05, 0) is 66.1 Å². The molecule has 0 aliphatic heterocycles. The second-order valence-electron chi connectivity index (χ2n) is 7.05. The average molecular weight is 298 g/mol. The summed E-state index contributed by atoms with van der Waals surface area (Å²) in [5.41, 5.74) is 4.77. The molecule has 3 aliphatic rings. The Morgan fingerprint density at radius 2 is 2.10 bits per heavy atom. The molecule has 0 radical (unpaired) electrons. The molecule has 0 aromatic rings. The fourth-order valence-corrected chi connectivity index (χ4v) is 4.28. The van der Waals surface area contributed by atoms with Crippen LogP contribution >= 0.6 is 12.6 Å². The molecule has 0 aromatic heterocycles. The maximum atomic E-state index is 4.80. The van der Waals surface area contributed by atoms with E-state index in [2.05, 4.69) is 50.3 Å². The lowest BCUT2D eigenvalue weighted by Gasteiger charge is -2.32. The Morgan fingerprint density at radius 3 is 2.81 bits per heavy atom. The Balaban J connectivity index is 1.88. The van der Waals surface area contributed by atoms with Crippen LogP contribution in [0.5, 0.6) is 0 Å². The molecule has 112 valence electrons. The Labute approximate surface area is 134 Å². The molecular formula is C20H26S. The topological polar surface area (TPSA) is 0 Å². The summed E-state index contributed by atoms with van der Waals surface area (Å²) in [6.45, 7) is 4.70. The van der Waals surface area contributed by atoms with Crippen molar-refractivity contribution in [2.45, 2.75) is 52.4 Å². The van der Waals surface area contributed by atoms with Gasteiger partial charge in [0.05, 0.1) is 0 Å². The lowest BCUT2D eigenvalue weighted by atomic mass is 9.73. The Morgan fingerprint density at radius 1 is 1.24 bits per heavy atom. The molecule has 2 unspecified atom stereocenters. The maximum absolute atomic E-state index is 4.80. The van der Waals surface area contributed by atoms with Crippen LogP contribution in [0, 0.1) is 11.3 Å². The molecule has 0 aromatic carbocycles. The average Bonchev–Trinajstić information content (AvgIpc) is 2.48. The van der Waals surface area contributed by atoms with E-state index >= 15 is 0 Å². The van der Waals surface area contributed by atoms with E-state index in [1.165, 1.54) is 36.2 Å². The van der Waals surface area contributed by atoms with Gasteiger partial charge in [0.25, 0.3) is 0 Å². The zero-order valence-electron chi connectivity index (χ0n) is 13.2. The van der Waals surface area contributed by atoms with Crippen molar-refractivity contribution in [3.8, 4) is 0 Å². The van der Waals surface area contributed by atoms with Gasteiger partial charge >= 0.3 is 0 Å². The number of allylic oxidation sites excluding steroid dienone is 10. The molecule has 3 aliphatic carbocycles. The lowest BCUT2D eigenvalue weighted by molar-refractivity contribution is 0.507. The number of rotatable bonds is 2. The molecule has 1 heteroatoms. The first-order chi connectivity index (χ1) is 10.1. The highest BCUT2D eigenvalue weighted by atomic mass is 32.1. The van der Waals surface area contributed by atoms with Crippen LogP contribution in [-0.2, 0) is 0 Å². The van der Waals surface area contributed by atoms with Gasteiger partial charge in [-0.15, -0.1) is 12.6 Å². The Kier molecular flexibility index (Phi) is 4.31. The molecule has 0 amide bonds. The molecule has 21 heavy (non-hydrogen) atoms. The van der Waals surface area contributed by atoms with Crippen LogP contribution in [0.1, 0.15) is 52.4 Å². The van der Waals surface area contributed by atoms with E-state index in [1.54, 1.807) is 11.1 Å². The quantitative estimate of drug-likeness (QED) is 0.580. The van der Waals surface area contributed by atoms with Crippen LogP contribution in [0.15, 0.2) is 58.1 Å². The van der Waals surface area contributed by atoms with E-state index in [9.17, 15) is 0 Å². The van der Waals surface area contributed by atoms with Gasteiger partial charge in [0.1, 0.15) is 0 Å². The summed E-state index contributed by atoms with van der Waals surface area (Å²) in [5.74, 6) is 0.796. The van der Waals surface area contributed by atoms with Crippen LogP contribution in [0.3, 0.4) is 0 Å². The van der Waals surface area contributed by atoms with Gasteiger partial charge in [0.2, 0.25) is 0 Å². The second-order valence-corrected chi connectivity index (χ2v) is 7.59. The molecule has 0 saturated heterocycles. The second kappa shape index (κ2) is 6.04. The molecular weight excluding hydrogens is 272 g/mol. The number of thiol groups is 1. The van der Waals surface area contributed by atoms with Crippen molar-refractivity contribution in [1.82, 2.24) is 0 Å². The summed E-state index contributed by atoms with van der Waals surface area (Å²) in [5, 5.41) is 0. The van der Waals surface area contributed by atoms with Gasteiger partial charge in [0, 0.05) is 5.41 Å². The van der Waals surface area contributed by atoms with Crippen molar-refractivity contribution in [3.63, 3.8) is 0 Å². The first-order valence-electron chi connectivity index (χ1n) is 8.25. The van der Waals surface area contributed by atoms with Gasteiger partial charge < -0.3 is 0 Å². The minimum Gasteiger partial charge on any atom is -0.148 e. The zero-order valence-corrected chi connectivity index (χ0v) is 14.1. The molecule has 3 rings (SSSR count). The lowest BCUT2D eigenvalue weighted by Crippen LogP contribution is -2.18. The summed E-state index contributed by atoms with van der Waals surface area (Å²) in [6, 6.07) is 0. The zero-order chi connectivity index (χ0) is 14.9. The summed E-state index contributed by atoms with van der Waals surface area (Å²) in [4.78, 5) is 1.34. The summed E-state index contributed by atoms with van der Waals surface area (Å²) in [6.07, 6.45) is 21.1. The van der Waals surface area contributed by atoms with E-state index < -0.39 is 0 Å². The highest BCUT2D eigenvalue weighted by molar-refractivity contribution is 7.84. The standard InChI is InChI=1S/C20H26S/c1-15-9-10-18(19(21)13-15)16-7-6-8-17(14-16)20(2)11-4-3-5-12-20/h3-5,8,11,14-15,21H,6-7,9-10,12-13H2,1-2H3. The van der Waals surface area contributed by atoms with E-state index in [0.29, 0.717) is 0 Å². The van der Waals surface area contributed by atoms with E-state index in [1.807, 2.05) is 0 Å². The van der Waals surface area contributed by atoms with Crippen molar-refractivity contribution in [2.75, 3.05) is 0 Å². The summed E-state index contributed by atoms with van der Waals surface area (Å²) in [7, 11) is 0. The minimum atomic E-state index is 0.180. The number of hydrogen-bond donors (Lipinski definition) is 1. The number of hydrogen-bond acceptors (Lipinski definition) is 1. The van der Waals surface area contributed by atoms with Crippen molar-refractivity contribution >= 4 is 12.6 Å². The normalized spacial score (nSPS) is 33.0.